The number of benzene rings is 1. The van der Waals surface area contributed by atoms with Crippen LogP contribution in [0.15, 0.2) is 29.2 Å². The van der Waals surface area contributed by atoms with Crippen LogP contribution in [0.25, 0.3) is 0 Å². The Morgan fingerprint density at radius 2 is 1.45 bits per heavy atom. The average Bonchev–Trinajstić information content (AvgIpc) is 2.91. The molecule has 1 atom stereocenters. The highest BCUT2D eigenvalue weighted by Crippen LogP contribution is 2.61. The summed E-state index contributed by atoms with van der Waals surface area (Å²) in [6.45, 7) is 10.7. The van der Waals surface area contributed by atoms with Gasteiger partial charge >= 0.3 is 0 Å². The van der Waals surface area contributed by atoms with Crippen LogP contribution in [-0.4, -0.2) is 86.2 Å². The molecule has 4 aliphatic carbocycles. The Morgan fingerprint density at radius 3 is 1.92 bits per heavy atom. The summed E-state index contributed by atoms with van der Waals surface area (Å²) in [5, 5.41) is 3.21. The number of amides is 2. The number of nitrogens with zero attached hydrogens (tertiary/aromatic N) is 3. The van der Waals surface area contributed by atoms with Gasteiger partial charge in [-0.05, 0) is 87.1 Å². The van der Waals surface area contributed by atoms with Crippen molar-refractivity contribution in [3.05, 3.63) is 29.8 Å². The number of piperazine rings is 1. The van der Waals surface area contributed by atoms with Crippen LogP contribution in [0.5, 0.6) is 0 Å². The molecule has 6 rings (SSSR count). The number of carbonyl (C=O) groups excluding carboxylic acids is 2. The maximum Gasteiger partial charge on any atom is 0.251 e. The summed E-state index contributed by atoms with van der Waals surface area (Å²) in [7, 11) is -3.60. The van der Waals surface area contributed by atoms with Crippen molar-refractivity contribution < 1.29 is 18.0 Å². The maximum absolute atomic E-state index is 14.1. The largest absolute Gasteiger partial charge is 0.340 e. The fourth-order valence-electron chi connectivity index (χ4n) is 8.18. The van der Waals surface area contributed by atoms with Gasteiger partial charge in [-0.3, -0.25) is 9.59 Å². The second-order valence-corrected chi connectivity index (χ2v) is 14.0. The Morgan fingerprint density at radius 1 is 0.921 bits per heavy atom. The van der Waals surface area contributed by atoms with E-state index in [0.717, 1.165) is 38.9 Å². The van der Waals surface area contributed by atoms with Crippen LogP contribution >= 0.6 is 0 Å². The highest BCUT2D eigenvalue weighted by Gasteiger charge is 2.57. The lowest BCUT2D eigenvalue weighted by Gasteiger charge is -2.59. The number of sulfonamides is 1. The van der Waals surface area contributed by atoms with E-state index in [2.05, 4.69) is 17.1 Å². The van der Waals surface area contributed by atoms with Crippen LogP contribution in [0.1, 0.15) is 69.7 Å². The molecule has 38 heavy (non-hydrogen) atoms. The summed E-state index contributed by atoms with van der Waals surface area (Å²) >= 11 is 0. The summed E-state index contributed by atoms with van der Waals surface area (Å²) in [6, 6.07) is 5.64. The Hall–Kier alpha value is -1.97. The molecule has 0 aromatic heterocycles. The molecule has 9 heteroatoms. The highest BCUT2D eigenvalue weighted by molar-refractivity contribution is 7.89. The zero-order chi connectivity index (χ0) is 27.1. The fourth-order valence-corrected chi connectivity index (χ4v) is 9.64. The molecular weight excluding hydrogens is 500 g/mol. The van der Waals surface area contributed by atoms with E-state index in [-0.39, 0.29) is 22.1 Å². The molecule has 1 N–H and O–H groups in total. The standard InChI is InChI=1S/C29H44N4O4S/c1-4-31-11-13-32(14-12-31)28(35)26(29-18-21-15-22(19-29)17-23(16-21)20-29)30-27(34)24-7-9-25(10-8-24)38(36,37)33(5-2)6-3/h7-10,21-23,26H,4-6,11-20H2,1-3H3,(H,30,34). The van der Waals surface area contributed by atoms with Crippen molar-refractivity contribution in [3.8, 4) is 0 Å². The number of carbonyl (C=O) groups is 2. The topological polar surface area (TPSA) is 90.0 Å². The third kappa shape index (κ3) is 5.13. The molecule has 0 radical (unpaired) electrons. The van der Waals surface area contributed by atoms with Crippen molar-refractivity contribution in [3.63, 3.8) is 0 Å². The van der Waals surface area contributed by atoms with Crippen LogP contribution in [0.3, 0.4) is 0 Å². The summed E-state index contributed by atoms with van der Waals surface area (Å²) in [5.41, 5.74) is 0.219. The summed E-state index contributed by atoms with van der Waals surface area (Å²) in [5.74, 6) is 1.76. The summed E-state index contributed by atoms with van der Waals surface area (Å²) in [4.78, 5) is 32.2. The van der Waals surface area contributed by atoms with Crippen LogP contribution in [0, 0.1) is 23.2 Å². The lowest BCUT2D eigenvalue weighted by molar-refractivity contribution is -0.146. The maximum atomic E-state index is 14.1. The molecule has 1 unspecified atom stereocenters. The Balaban J connectivity index is 1.38. The van der Waals surface area contributed by atoms with Gasteiger partial charge in [-0.1, -0.05) is 20.8 Å². The van der Waals surface area contributed by atoms with Gasteiger partial charge < -0.3 is 15.1 Å². The third-order valence-corrected chi connectivity index (χ3v) is 11.9. The SMILES string of the molecule is CCN1CCN(C(=O)C(NC(=O)c2ccc(S(=O)(=O)N(CC)CC)cc2)C23CC4CC(CC(C4)C2)C3)CC1. The Labute approximate surface area is 228 Å². The van der Waals surface area contributed by atoms with Crippen molar-refractivity contribution in [1.29, 1.82) is 0 Å². The second-order valence-electron chi connectivity index (χ2n) is 12.1. The fraction of sp³-hybridized carbons (Fsp3) is 0.724. The lowest BCUT2D eigenvalue weighted by Crippen LogP contribution is -2.64. The van der Waals surface area contributed by atoms with Gasteiger partial charge in [-0.25, -0.2) is 8.42 Å². The van der Waals surface area contributed by atoms with Crippen LogP contribution < -0.4 is 5.32 Å². The van der Waals surface area contributed by atoms with Crippen molar-refractivity contribution >= 4 is 21.8 Å². The van der Waals surface area contributed by atoms with Gasteiger partial charge in [0.05, 0.1) is 4.90 Å². The van der Waals surface area contributed by atoms with E-state index in [1.165, 1.54) is 35.7 Å². The van der Waals surface area contributed by atoms with Crippen LogP contribution in [-0.2, 0) is 14.8 Å². The van der Waals surface area contributed by atoms with Crippen LogP contribution in [0.4, 0.5) is 0 Å². The minimum absolute atomic E-state index is 0.0665. The molecule has 4 saturated carbocycles. The quantitative estimate of drug-likeness (QED) is 0.516. The normalized spacial score (nSPS) is 30.0. The second kappa shape index (κ2) is 10.9. The summed E-state index contributed by atoms with van der Waals surface area (Å²) < 4.78 is 27.2. The molecule has 1 aliphatic heterocycles. The Kier molecular flexibility index (Phi) is 7.91. The van der Waals surface area contributed by atoms with E-state index in [4.69, 9.17) is 0 Å². The first-order valence-corrected chi connectivity index (χ1v) is 16.0. The van der Waals surface area contributed by atoms with Crippen molar-refractivity contribution in [1.82, 2.24) is 19.4 Å². The zero-order valence-electron chi connectivity index (χ0n) is 23.2. The molecule has 5 fully saturated rings. The van der Waals surface area contributed by atoms with E-state index in [1.54, 1.807) is 12.1 Å². The molecule has 0 spiro atoms. The number of hydrogen-bond acceptors (Lipinski definition) is 5. The highest BCUT2D eigenvalue weighted by atomic mass is 32.2. The first-order chi connectivity index (χ1) is 18.2. The lowest BCUT2D eigenvalue weighted by atomic mass is 9.47. The molecule has 5 aliphatic rings. The monoisotopic (exact) mass is 544 g/mol. The van der Waals surface area contributed by atoms with E-state index >= 15 is 0 Å². The van der Waals surface area contributed by atoms with Gasteiger partial charge in [0.15, 0.2) is 0 Å². The number of hydrogen-bond donors (Lipinski definition) is 1. The van der Waals surface area contributed by atoms with E-state index in [1.807, 2.05) is 18.7 Å². The molecule has 1 aromatic carbocycles. The van der Waals surface area contributed by atoms with Crippen molar-refractivity contribution in [2.75, 3.05) is 45.8 Å². The minimum Gasteiger partial charge on any atom is -0.340 e. The van der Waals surface area contributed by atoms with E-state index in [0.29, 0.717) is 49.5 Å². The number of rotatable bonds is 9. The van der Waals surface area contributed by atoms with E-state index < -0.39 is 16.1 Å². The molecule has 4 bridgehead atoms. The van der Waals surface area contributed by atoms with Gasteiger partial charge in [-0.15, -0.1) is 0 Å². The molecule has 1 aromatic rings. The average molecular weight is 545 g/mol. The van der Waals surface area contributed by atoms with Gasteiger partial charge in [-0.2, -0.15) is 4.31 Å². The van der Waals surface area contributed by atoms with Crippen molar-refractivity contribution in [2.45, 2.75) is 70.2 Å². The number of nitrogens with one attached hydrogen (secondary N) is 1. The first kappa shape index (κ1) is 27.6. The van der Waals surface area contributed by atoms with Crippen molar-refractivity contribution in [2.24, 2.45) is 23.2 Å². The van der Waals surface area contributed by atoms with E-state index in [9.17, 15) is 18.0 Å². The molecule has 1 heterocycles. The number of likely N-dealkylation sites (N-methyl/N-ethyl adjacent to an activating group) is 1. The smallest absolute Gasteiger partial charge is 0.251 e. The predicted molar refractivity (Wildman–Crippen MR) is 147 cm³/mol. The van der Waals surface area contributed by atoms with Gasteiger partial charge in [0.1, 0.15) is 6.04 Å². The Bertz CT molecular complexity index is 1090. The van der Waals surface area contributed by atoms with Crippen LogP contribution in [0.2, 0.25) is 0 Å². The molecule has 2 amide bonds. The zero-order valence-corrected chi connectivity index (χ0v) is 24.0. The van der Waals surface area contributed by atoms with Gasteiger partial charge in [0.25, 0.3) is 5.91 Å². The molecular formula is C29H44N4O4S. The summed E-state index contributed by atoms with van der Waals surface area (Å²) in [6.07, 6.45) is 6.87. The van der Waals surface area contributed by atoms with Gasteiger partial charge in [0, 0.05) is 50.2 Å². The predicted octanol–water partition coefficient (Wildman–Crippen LogP) is 3.20. The molecule has 8 nitrogen and oxygen atoms in total. The van der Waals surface area contributed by atoms with Gasteiger partial charge in [0.2, 0.25) is 15.9 Å². The third-order valence-electron chi connectivity index (χ3n) is 9.81. The molecule has 210 valence electrons. The molecule has 1 saturated heterocycles. The first-order valence-electron chi connectivity index (χ1n) is 14.6. The minimum atomic E-state index is -3.60.